The molecule has 0 unspecified atom stereocenters. The van der Waals surface area contributed by atoms with Crippen LogP contribution in [0.3, 0.4) is 0 Å². The first-order valence-corrected chi connectivity index (χ1v) is 11.1. The van der Waals surface area contributed by atoms with E-state index in [1.165, 1.54) is 15.7 Å². The van der Waals surface area contributed by atoms with Crippen molar-refractivity contribution in [1.29, 1.82) is 0 Å². The van der Waals surface area contributed by atoms with Crippen molar-refractivity contribution < 1.29 is 9.53 Å². The Balaban J connectivity index is 1.32. The lowest BCUT2D eigenvalue weighted by Gasteiger charge is -2.29. The largest absolute Gasteiger partial charge is 0.497 e. The van der Waals surface area contributed by atoms with Crippen LogP contribution >= 0.6 is 12.2 Å². The van der Waals surface area contributed by atoms with E-state index in [1.54, 1.807) is 7.11 Å². The highest BCUT2D eigenvalue weighted by Gasteiger charge is 2.20. The minimum Gasteiger partial charge on any atom is -0.497 e. The molecule has 32 heavy (non-hydrogen) atoms. The van der Waals surface area contributed by atoms with Crippen LogP contribution in [-0.4, -0.2) is 39.0 Å². The van der Waals surface area contributed by atoms with Crippen molar-refractivity contribution in [3.05, 3.63) is 68.7 Å². The van der Waals surface area contributed by atoms with Crippen LogP contribution in [0.15, 0.2) is 47.3 Å². The van der Waals surface area contributed by atoms with Gasteiger partial charge in [0.05, 0.1) is 12.6 Å². The fourth-order valence-electron chi connectivity index (χ4n) is 4.45. The molecule has 0 atom stereocenters. The topological polar surface area (TPSA) is 83.1 Å². The molecule has 0 saturated heterocycles. The number of rotatable bonds is 5. The third-order valence-electron chi connectivity index (χ3n) is 6.20. The van der Waals surface area contributed by atoms with Gasteiger partial charge in [0.25, 0.3) is 5.56 Å². The molecule has 2 N–H and O–H groups in total. The summed E-state index contributed by atoms with van der Waals surface area (Å²) in [6, 6.07) is 13.9. The lowest BCUT2D eigenvalue weighted by atomic mass is 9.99. The van der Waals surface area contributed by atoms with Gasteiger partial charge in [0.15, 0.2) is 4.77 Å². The van der Waals surface area contributed by atoms with Crippen molar-refractivity contribution in [3.63, 3.8) is 0 Å². The number of amides is 1. The van der Waals surface area contributed by atoms with Gasteiger partial charge < -0.3 is 19.6 Å². The molecule has 7 nitrogen and oxygen atoms in total. The maximum absolute atomic E-state index is 13.1. The number of nitrogens with zero attached hydrogens (tertiary/aromatic N) is 2. The summed E-state index contributed by atoms with van der Waals surface area (Å²) in [5.74, 6) is 0.821. The first kappa shape index (κ1) is 20.5. The number of hydrogen-bond acceptors (Lipinski definition) is 4. The molecule has 3 heterocycles. The van der Waals surface area contributed by atoms with Gasteiger partial charge in [-0.3, -0.25) is 14.2 Å². The number of hydrogen-bond donors (Lipinski definition) is 2. The summed E-state index contributed by atoms with van der Waals surface area (Å²) < 4.78 is 7.18. The van der Waals surface area contributed by atoms with Crippen molar-refractivity contribution in [2.75, 3.05) is 13.7 Å². The highest BCUT2D eigenvalue weighted by atomic mass is 32.1. The number of fused-ring (bicyclic) bond motifs is 4. The first-order valence-electron chi connectivity index (χ1n) is 10.7. The second-order valence-corrected chi connectivity index (χ2v) is 8.50. The number of H-pyrrole nitrogens is 2. The number of ether oxygens (including phenoxy) is 1. The van der Waals surface area contributed by atoms with Gasteiger partial charge in [-0.25, -0.2) is 0 Å². The van der Waals surface area contributed by atoms with E-state index in [4.69, 9.17) is 17.0 Å². The highest BCUT2D eigenvalue weighted by Crippen LogP contribution is 2.26. The molecule has 0 aliphatic carbocycles. The number of aromatic amines is 2. The predicted molar refractivity (Wildman–Crippen MR) is 127 cm³/mol. The van der Waals surface area contributed by atoms with Crippen LogP contribution < -0.4 is 10.3 Å². The molecule has 1 aliphatic rings. The standard InChI is InChI=1S/C24H24N4O3S/c1-31-17-8-9-19-18(13-17)21-22(25-19)23(30)28(24(32)26-21)11-4-7-20(29)27-12-10-15-5-2-3-6-16(15)14-27/h2-3,5-6,8-9,13,25H,4,7,10-12,14H2,1H3,(H,26,32). The molecular weight excluding hydrogens is 424 g/mol. The van der Waals surface area contributed by atoms with Crippen molar-refractivity contribution in [3.8, 4) is 5.75 Å². The molecule has 0 radical (unpaired) electrons. The van der Waals surface area contributed by atoms with Crippen molar-refractivity contribution in [2.45, 2.75) is 32.4 Å². The molecule has 0 spiro atoms. The van der Waals surface area contributed by atoms with Gasteiger partial charge in [-0.2, -0.15) is 0 Å². The van der Waals surface area contributed by atoms with Crippen LogP contribution in [0.2, 0.25) is 0 Å². The summed E-state index contributed by atoms with van der Waals surface area (Å²) in [5, 5.41) is 0.857. The zero-order valence-corrected chi connectivity index (χ0v) is 18.6. The van der Waals surface area contributed by atoms with Gasteiger partial charge in [0.1, 0.15) is 11.3 Å². The van der Waals surface area contributed by atoms with Gasteiger partial charge >= 0.3 is 0 Å². The molecule has 5 rings (SSSR count). The van der Waals surface area contributed by atoms with E-state index in [2.05, 4.69) is 22.1 Å². The Kier molecular flexibility index (Phi) is 5.30. The lowest BCUT2D eigenvalue weighted by molar-refractivity contribution is -0.132. The summed E-state index contributed by atoms with van der Waals surface area (Å²) in [5.41, 5.74) is 4.33. The number of benzene rings is 2. The SMILES string of the molecule is COc1ccc2[nH]c3c(=O)n(CCCC(=O)N4CCc5ccccc5C4)c(=S)[nH]c3c2c1. The first-order chi connectivity index (χ1) is 15.5. The lowest BCUT2D eigenvalue weighted by Crippen LogP contribution is -2.36. The maximum atomic E-state index is 13.1. The Hall–Kier alpha value is -3.39. The van der Waals surface area contributed by atoms with Gasteiger partial charge in [-0.15, -0.1) is 0 Å². The molecular formula is C24H24N4O3S. The predicted octanol–water partition coefficient (Wildman–Crippen LogP) is 3.91. The third kappa shape index (κ3) is 3.60. The zero-order chi connectivity index (χ0) is 22.2. The molecule has 0 fully saturated rings. The Labute approximate surface area is 189 Å². The van der Waals surface area contributed by atoms with E-state index in [0.717, 1.165) is 23.9 Å². The number of carbonyl (C=O) groups excluding carboxylic acids is 1. The van der Waals surface area contributed by atoms with E-state index in [-0.39, 0.29) is 11.5 Å². The van der Waals surface area contributed by atoms with Crippen molar-refractivity contribution in [1.82, 2.24) is 19.4 Å². The van der Waals surface area contributed by atoms with E-state index >= 15 is 0 Å². The average Bonchev–Trinajstić information content (AvgIpc) is 3.18. The number of methoxy groups -OCH3 is 1. The van der Waals surface area contributed by atoms with Crippen LogP contribution in [0, 0.1) is 4.77 Å². The molecule has 1 amide bonds. The third-order valence-corrected chi connectivity index (χ3v) is 6.52. The maximum Gasteiger partial charge on any atom is 0.278 e. The summed E-state index contributed by atoms with van der Waals surface area (Å²) in [7, 11) is 1.61. The van der Waals surface area contributed by atoms with Crippen LogP contribution in [0.1, 0.15) is 24.0 Å². The molecule has 2 aromatic carbocycles. The minimum atomic E-state index is -0.182. The number of aromatic nitrogens is 3. The number of nitrogens with one attached hydrogen (secondary N) is 2. The Morgan fingerprint density at radius 3 is 2.75 bits per heavy atom. The summed E-state index contributed by atoms with van der Waals surface area (Å²) in [6.45, 7) is 1.78. The highest BCUT2D eigenvalue weighted by molar-refractivity contribution is 7.71. The van der Waals surface area contributed by atoms with E-state index < -0.39 is 0 Å². The molecule has 0 saturated carbocycles. The summed E-state index contributed by atoms with van der Waals surface area (Å²) in [4.78, 5) is 34.1. The van der Waals surface area contributed by atoms with Crippen LogP contribution in [0.25, 0.3) is 21.9 Å². The van der Waals surface area contributed by atoms with Gasteiger partial charge in [-0.1, -0.05) is 24.3 Å². The molecule has 164 valence electrons. The molecule has 0 bridgehead atoms. The molecule has 1 aliphatic heterocycles. The Bertz CT molecular complexity index is 1450. The fraction of sp³-hybridized carbons (Fsp3) is 0.292. The minimum absolute atomic E-state index is 0.112. The van der Waals surface area contributed by atoms with E-state index in [1.807, 2.05) is 35.2 Å². The smallest absolute Gasteiger partial charge is 0.278 e. The van der Waals surface area contributed by atoms with Crippen molar-refractivity contribution in [2.24, 2.45) is 0 Å². The summed E-state index contributed by atoms with van der Waals surface area (Å²) >= 11 is 5.47. The zero-order valence-electron chi connectivity index (χ0n) is 17.8. The fourth-order valence-corrected chi connectivity index (χ4v) is 4.72. The molecule has 2 aromatic heterocycles. The number of carbonyl (C=O) groups is 1. The summed E-state index contributed by atoms with van der Waals surface area (Å²) in [6.07, 6.45) is 1.81. The van der Waals surface area contributed by atoms with Crippen LogP contribution in [0.5, 0.6) is 5.75 Å². The van der Waals surface area contributed by atoms with Gasteiger partial charge in [-0.05, 0) is 54.4 Å². The molecule has 4 aromatic rings. The quantitative estimate of drug-likeness (QED) is 0.454. The Morgan fingerprint density at radius 2 is 1.94 bits per heavy atom. The van der Waals surface area contributed by atoms with E-state index in [0.29, 0.717) is 47.5 Å². The Morgan fingerprint density at radius 1 is 1.12 bits per heavy atom. The van der Waals surface area contributed by atoms with Gasteiger partial charge in [0.2, 0.25) is 5.91 Å². The van der Waals surface area contributed by atoms with E-state index in [9.17, 15) is 9.59 Å². The van der Waals surface area contributed by atoms with Gasteiger partial charge in [0, 0.05) is 37.0 Å². The van der Waals surface area contributed by atoms with Crippen LogP contribution in [-0.2, 0) is 24.3 Å². The van der Waals surface area contributed by atoms with Crippen molar-refractivity contribution >= 4 is 40.1 Å². The second kappa shape index (κ2) is 8.27. The molecule has 8 heteroatoms. The normalized spacial score (nSPS) is 13.5. The monoisotopic (exact) mass is 448 g/mol. The average molecular weight is 449 g/mol. The van der Waals surface area contributed by atoms with Crippen LogP contribution in [0.4, 0.5) is 0 Å². The second-order valence-electron chi connectivity index (χ2n) is 8.11.